The van der Waals surface area contributed by atoms with Crippen LogP contribution in [0, 0.1) is 0 Å². The summed E-state index contributed by atoms with van der Waals surface area (Å²) in [4.78, 5) is 12.8. The molecule has 0 radical (unpaired) electrons. The highest BCUT2D eigenvalue weighted by molar-refractivity contribution is 5.89. The number of anilines is 1. The fraction of sp³-hybridized carbons (Fsp3) is 0.417. The van der Waals surface area contributed by atoms with E-state index < -0.39 is 6.67 Å². The molecule has 0 fully saturated rings. The second-order valence-electron chi connectivity index (χ2n) is 3.74. The zero-order chi connectivity index (χ0) is 12.7. The number of urea groups is 1. The summed E-state index contributed by atoms with van der Waals surface area (Å²) in [5, 5.41) is 2.71. The van der Waals surface area contributed by atoms with Crippen molar-refractivity contribution >= 4 is 11.7 Å². The highest BCUT2D eigenvalue weighted by atomic mass is 19.1. The molecule has 0 unspecified atom stereocenters. The third-order valence-corrected chi connectivity index (χ3v) is 2.04. The molecule has 1 aromatic carbocycles. The molecule has 0 aliphatic rings. The molecule has 5 heteroatoms. The van der Waals surface area contributed by atoms with Crippen molar-refractivity contribution in [1.82, 2.24) is 4.90 Å². The predicted octanol–water partition coefficient (Wildman–Crippen LogP) is 2.52. The molecular formula is C12H17FN2O2. The van der Waals surface area contributed by atoms with E-state index in [2.05, 4.69) is 5.32 Å². The molecule has 17 heavy (non-hydrogen) atoms. The maximum atomic E-state index is 11.9. The lowest BCUT2D eigenvalue weighted by molar-refractivity contribution is 0.230. The zero-order valence-electron chi connectivity index (χ0n) is 10.1. The quantitative estimate of drug-likeness (QED) is 0.803. The number of hydrogen-bond acceptors (Lipinski definition) is 2. The number of halogens is 1. The molecule has 0 bridgehead atoms. The van der Waals surface area contributed by atoms with E-state index in [0.717, 1.165) is 0 Å². The SMILES string of the molecule is CN(C)C(=O)Nc1cccc(OCCCF)c1. The van der Waals surface area contributed by atoms with Gasteiger partial charge in [0.15, 0.2) is 0 Å². The Kier molecular flexibility index (Phi) is 5.26. The molecule has 0 aliphatic carbocycles. The number of benzene rings is 1. The van der Waals surface area contributed by atoms with Gasteiger partial charge in [-0.3, -0.25) is 4.39 Å². The van der Waals surface area contributed by atoms with E-state index in [1.807, 2.05) is 0 Å². The lowest BCUT2D eigenvalue weighted by atomic mass is 10.3. The Morgan fingerprint density at radius 1 is 1.47 bits per heavy atom. The van der Waals surface area contributed by atoms with E-state index in [4.69, 9.17) is 4.74 Å². The van der Waals surface area contributed by atoms with Gasteiger partial charge in [-0.15, -0.1) is 0 Å². The van der Waals surface area contributed by atoms with Gasteiger partial charge in [0.2, 0.25) is 0 Å². The van der Waals surface area contributed by atoms with Crippen LogP contribution in [0.2, 0.25) is 0 Å². The predicted molar refractivity (Wildman–Crippen MR) is 65.2 cm³/mol. The second-order valence-corrected chi connectivity index (χ2v) is 3.74. The molecule has 1 N–H and O–H groups in total. The number of ether oxygens (including phenoxy) is 1. The van der Waals surface area contributed by atoms with Gasteiger partial charge in [-0.05, 0) is 12.1 Å². The molecule has 2 amide bonds. The van der Waals surface area contributed by atoms with Crippen LogP contribution in [0.1, 0.15) is 6.42 Å². The van der Waals surface area contributed by atoms with Crippen molar-refractivity contribution in [2.75, 3.05) is 32.7 Å². The second kappa shape index (κ2) is 6.73. The van der Waals surface area contributed by atoms with Crippen molar-refractivity contribution in [1.29, 1.82) is 0 Å². The van der Waals surface area contributed by atoms with Gasteiger partial charge < -0.3 is 15.0 Å². The highest BCUT2D eigenvalue weighted by Gasteiger charge is 2.04. The number of nitrogens with one attached hydrogen (secondary N) is 1. The Labute approximate surface area is 100 Å². The summed E-state index contributed by atoms with van der Waals surface area (Å²) in [5.74, 6) is 0.620. The van der Waals surface area contributed by atoms with Crippen LogP contribution in [-0.2, 0) is 0 Å². The van der Waals surface area contributed by atoms with Crippen molar-refractivity contribution < 1.29 is 13.9 Å². The van der Waals surface area contributed by atoms with E-state index in [-0.39, 0.29) is 6.03 Å². The van der Waals surface area contributed by atoms with Gasteiger partial charge in [0.1, 0.15) is 5.75 Å². The molecule has 0 spiro atoms. The third-order valence-electron chi connectivity index (χ3n) is 2.04. The van der Waals surface area contributed by atoms with Crippen LogP contribution >= 0.6 is 0 Å². The van der Waals surface area contributed by atoms with Crippen molar-refractivity contribution in [3.05, 3.63) is 24.3 Å². The minimum atomic E-state index is -0.392. The summed E-state index contributed by atoms with van der Waals surface area (Å²) in [6, 6.07) is 6.81. The number of amides is 2. The Morgan fingerprint density at radius 3 is 2.88 bits per heavy atom. The Morgan fingerprint density at radius 2 is 2.24 bits per heavy atom. The number of alkyl halides is 1. The average molecular weight is 240 g/mol. The minimum absolute atomic E-state index is 0.203. The Hall–Kier alpha value is -1.78. The first kappa shape index (κ1) is 13.3. The lowest BCUT2D eigenvalue weighted by Crippen LogP contribution is -2.27. The van der Waals surface area contributed by atoms with E-state index in [1.54, 1.807) is 38.4 Å². The first-order valence-electron chi connectivity index (χ1n) is 5.40. The summed E-state index contributed by atoms with van der Waals surface area (Å²) < 4.78 is 17.2. The molecule has 0 saturated heterocycles. The van der Waals surface area contributed by atoms with Crippen LogP contribution in [0.4, 0.5) is 14.9 Å². The van der Waals surface area contributed by atoms with E-state index in [9.17, 15) is 9.18 Å². The van der Waals surface area contributed by atoms with E-state index >= 15 is 0 Å². The number of nitrogens with zero attached hydrogens (tertiary/aromatic N) is 1. The normalized spacial score (nSPS) is 9.82. The zero-order valence-corrected chi connectivity index (χ0v) is 10.1. The van der Waals surface area contributed by atoms with Crippen LogP contribution in [-0.4, -0.2) is 38.3 Å². The molecule has 4 nitrogen and oxygen atoms in total. The fourth-order valence-corrected chi connectivity index (χ4v) is 1.14. The molecular weight excluding hydrogens is 223 g/mol. The minimum Gasteiger partial charge on any atom is -0.493 e. The Bertz CT molecular complexity index is 369. The van der Waals surface area contributed by atoms with E-state index in [0.29, 0.717) is 24.5 Å². The lowest BCUT2D eigenvalue weighted by Gasteiger charge is -2.12. The van der Waals surface area contributed by atoms with Crippen molar-refractivity contribution in [3.8, 4) is 5.75 Å². The number of rotatable bonds is 5. The molecule has 0 saturated carbocycles. The van der Waals surface area contributed by atoms with Gasteiger partial charge >= 0.3 is 6.03 Å². The smallest absolute Gasteiger partial charge is 0.321 e. The van der Waals surface area contributed by atoms with Crippen LogP contribution in [0.15, 0.2) is 24.3 Å². The summed E-state index contributed by atoms with van der Waals surface area (Å²) in [6.07, 6.45) is 0.369. The summed E-state index contributed by atoms with van der Waals surface area (Å²) in [6.45, 7) is -0.0569. The first-order chi connectivity index (χ1) is 8.13. The molecule has 0 aliphatic heterocycles. The monoisotopic (exact) mass is 240 g/mol. The van der Waals surface area contributed by atoms with Gasteiger partial charge in [0.05, 0.1) is 13.3 Å². The first-order valence-corrected chi connectivity index (χ1v) is 5.40. The molecule has 0 atom stereocenters. The Balaban J connectivity index is 2.56. The summed E-state index contributed by atoms with van der Waals surface area (Å²) >= 11 is 0. The molecule has 1 rings (SSSR count). The summed E-state index contributed by atoms with van der Waals surface area (Å²) in [7, 11) is 3.33. The van der Waals surface area contributed by atoms with Crippen LogP contribution < -0.4 is 10.1 Å². The average Bonchev–Trinajstić information content (AvgIpc) is 2.30. The van der Waals surface area contributed by atoms with Gasteiger partial charge in [-0.1, -0.05) is 6.07 Å². The highest BCUT2D eigenvalue weighted by Crippen LogP contribution is 2.17. The van der Waals surface area contributed by atoms with Gasteiger partial charge in [0.25, 0.3) is 0 Å². The third kappa shape index (κ3) is 4.72. The summed E-state index contributed by atoms with van der Waals surface area (Å²) in [5.41, 5.74) is 0.654. The van der Waals surface area contributed by atoms with Crippen molar-refractivity contribution in [2.45, 2.75) is 6.42 Å². The molecule has 0 aromatic heterocycles. The van der Waals surface area contributed by atoms with Crippen molar-refractivity contribution in [2.24, 2.45) is 0 Å². The number of carbonyl (C=O) groups excluding carboxylic acids is 1. The standard InChI is InChI=1S/C12H17FN2O2/c1-15(2)12(16)14-10-5-3-6-11(9-10)17-8-4-7-13/h3,5-6,9H,4,7-8H2,1-2H3,(H,14,16). The largest absolute Gasteiger partial charge is 0.493 e. The van der Waals surface area contributed by atoms with Crippen LogP contribution in [0.3, 0.4) is 0 Å². The van der Waals surface area contributed by atoms with Crippen molar-refractivity contribution in [3.63, 3.8) is 0 Å². The maximum Gasteiger partial charge on any atom is 0.321 e. The van der Waals surface area contributed by atoms with E-state index in [1.165, 1.54) is 4.90 Å². The van der Waals surface area contributed by atoms with Gasteiger partial charge in [0, 0.05) is 32.3 Å². The molecule has 1 aromatic rings. The van der Waals surface area contributed by atoms with Crippen LogP contribution in [0.5, 0.6) is 5.75 Å². The maximum absolute atomic E-state index is 11.9. The topological polar surface area (TPSA) is 41.6 Å². The van der Waals surface area contributed by atoms with Crippen LogP contribution in [0.25, 0.3) is 0 Å². The molecule has 0 heterocycles. The van der Waals surface area contributed by atoms with Gasteiger partial charge in [-0.25, -0.2) is 4.79 Å². The number of carbonyl (C=O) groups is 1. The molecule has 94 valence electrons. The van der Waals surface area contributed by atoms with Gasteiger partial charge in [-0.2, -0.15) is 0 Å². The fourth-order valence-electron chi connectivity index (χ4n) is 1.14. The number of hydrogen-bond donors (Lipinski definition) is 1.